The predicted molar refractivity (Wildman–Crippen MR) is 74.4 cm³/mol. The van der Waals surface area contributed by atoms with E-state index in [1.54, 1.807) is 4.68 Å². The maximum atomic E-state index is 13.8. The molecule has 0 saturated carbocycles. The van der Waals surface area contributed by atoms with Crippen LogP contribution in [-0.2, 0) is 6.54 Å². The quantitative estimate of drug-likeness (QED) is 0.890. The molecule has 0 spiro atoms. The highest BCUT2D eigenvalue weighted by Gasteiger charge is 2.16. The molecule has 0 amide bonds. The van der Waals surface area contributed by atoms with Gasteiger partial charge in [0.1, 0.15) is 11.6 Å². The molecule has 1 heterocycles. The summed E-state index contributed by atoms with van der Waals surface area (Å²) in [5.41, 5.74) is 0.320. The summed E-state index contributed by atoms with van der Waals surface area (Å²) >= 11 is 0. The molecule has 1 atom stereocenters. The lowest BCUT2D eigenvalue weighted by Gasteiger charge is -2.18. The normalized spacial score (nSPS) is 12.9. The minimum absolute atomic E-state index is 0.141. The Labute approximate surface area is 122 Å². The summed E-state index contributed by atoms with van der Waals surface area (Å²) in [4.78, 5) is 0. The highest BCUT2D eigenvalue weighted by Crippen LogP contribution is 2.21. The fraction of sp³-hybridized carbons (Fsp3) is 0.500. The van der Waals surface area contributed by atoms with Gasteiger partial charge in [0.15, 0.2) is 5.82 Å². The van der Waals surface area contributed by atoms with Crippen molar-refractivity contribution in [1.82, 2.24) is 25.5 Å². The van der Waals surface area contributed by atoms with Crippen LogP contribution in [0.2, 0.25) is 0 Å². The number of rotatable bonds is 6. The van der Waals surface area contributed by atoms with Crippen molar-refractivity contribution in [3.05, 3.63) is 41.2 Å². The van der Waals surface area contributed by atoms with Gasteiger partial charge in [0.2, 0.25) is 0 Å². The number of nitrogens with one attached hydrogen (secondary N) is 1. The Balaban J connectivity index is 2.12. The van der Waals surface area contributed by atoms with Gasteiger partial charge in [-0.2, -0.15) is 0 Å². The lowest BCUT2D eigenvalue weighted by Crippen LogP contribution is -2.24. The summed E-state index contributed by atoms with van der Waals surface area (Å²) in [5, 5.41) is 14.7. The van der Waals surface area contributed by atoms with Gasteiger partial charge in [-0.15, -0.1) is 5.10 Å². The van der Waals surface area contributed by atoms with E-state index in [1.807, 2.05) is 20.8 Å². The molecule has 0 aliphatic heterocycles. The van der Waals surface area contributed by atoms with Crippen molar-refractivity contribution >= 4 is 0 Å². The van der Waals surface area contributed by atoms with Crippen LogP contribution in [0.1, 0.15) is 50.7 Å². The van der Waals surface area contributed by atoms with Crippen molar-refractivity contribution in [2.24, 2.45) is 0 Å². The van der Waals surface area contributed by atoms with E-state index < -0.39 is 11.6 Å². The Morgan fingerprint density at radius 3 is 2.71 bits per heavy atom. The third-order valence-electron chi connectivity index (χ3n) is 3.30. The largest absolute Gasteiger partial charge is 0.303 e. The van der Waals surface area contributed by atoms with Gasteiger partial charge in [-0.25, -0.2) is 13.5 Å². The van der Waals surface area contributed by atoms with E-state index >= 15 is 0 Å². The number of hydrogen-bond acceptors (Lipinski definition) is 4. The summed E-state index contributed by atoms with van der Waals surface area (Å²) in [6.07, 6.45) is 0.629. The Kier molecular flexibility index (Phi) is 4.95. The van der Waals surface area contributed by atoms with Crippen molar-refractivity contribution in [3.8, 4) is 0 Å². The third kappa shape index (κ3) is 3.60. The van der Waals surface area contributed by atoms with Crippen LogP contribution in [0.25, 0.3) is 0 Å². The highest BCUT2D eigenvalue weighted by molar-refractivity contribution is 5.22. The number of benzene rings is 1. The first-order valence-corrected chi connectivity index (χ1v) is 6.98. The molecule has 1 aromatic heterocycles. The fourth-order valence-corrected chi connectivity index (χ4v) is 2.20. The van der Waals surface area contributed by atoms with Crippen molar-refractivity contribution in [2.45, 2.75) is 45.8 Å². The molecule has 7 heteroatoms. The monoisotopic (exact) mass is 295 g/mol. The number of hydrogen-bond donors (Lipinski definition) is 1. The zero-order valence-electron chi connectivity index (χ0n) is 12.3. The first-order valence-electron chi connectivity index (χ1n) is 6.98. The van der Waals surface area contributed by atoms with Gasteiger partial charge in [-0.3, -0.25) is 0 Å². The Morgan fingerprint density at radius 1 is 1.29 bits per heavy atom. The summed E-state index contributed by atoms with van der Waals surface area (Å²) in [7, 11) is 0. The maximum absolute atomic E-state index is 13.8. The second-order valence-electron chi connectivity index (χ2n) is 5.14. The highest BCUT2D eigenvalue weighted by atomic mass is 19.1. The van der Waals surface area contributed by atoms with Crippen molar-refractivity contribution in [1.29, 1.82) is 0 Å². The van der Waals surface area contributed by atoms with Gasteiger partial charge in [-0.1, -0.05) is 6.92 Å². The van der Waals surface area contributed by atoms with Crippen molar-refractivity contribution < 1.29 is 8.78 Å². The standard InChI is InChI=1S/C14H19F2N5/c1-4-13(11-7-10(15)5-6-12(11)16)17-8-14-18-19-20-21(14)9(2)3/h5-7,9,13,17H,4,8H2,1-3H3/t13-/m1/s1. The van der Waals surface area contributed by atoms with E-state index in [2.05, 4.69) is 20.8 Å². The molecule has 0 bridgehead atoms. The molecule has 21 heavy (non-hydrogen) atoms. The third-order valence-corrected chi connectivity index (χ3v) is 3.30. The van der Waals surface area contributed by atoms with Crippen LogP contribution in [0.15, 0.2) is 18.2 Å². The molecule has 1 aromatic carbocycles. The zero-order valence-corrected chi connectivity index (χ0v) is 12.3. The van der Waals surface area contributed by atoms with Crippen LogP contribution in [0.4, 0.5) is 8.78 Å². The smallest absolute Gasteiger partial charge is 0.165 e. The molecule has 0 saturated heterocycles. The van der Waals surface area contributed by atoms with E-state index in [0.29, 0.717) is 24.4 Å². The van der Waals surface area contributed by atoms with Crippen molar-refractivity contribution in [3.63, 3.8) is 0 Å². The van der Waals surface area contributed by atoms with Gasteiger partial charge >= 0.3 is 0 Å². The molecule has 0 aliphatic carbocycles. The molecule has 0 radical (unpaired) electrons. The van der Waals surface area contributed by atoms with Gasteiger partial charge < -0.3 is 5.32 Å². The second-order valence-corrected chi connectivity index (χ2v) is 5.14. The minimum atomic E-state index is -0.446. The number of nitrogens with zero attached hydrogens (tertiary/aromatic N) is 4. The van der Waals surface area contributed by atoms with Crippen LogP contribution in [0.3, 0.4) is 0 Å². The molecule has 1 N–H and O–H groups in total. The number of aromatic nitrogens is 4. The summed E-state index contributed by atoms with van der Waals surface area (Å²) < 4.78 is 28.8. The lowest BCUT2D eigenvalue weighted by atomic mass is 10.0. The topological polar surface area (TPSA) is 55.6 Å². The minimum Gasteiger partial charge on any atom is -0.303 e. The van der Waals surface area contributed by atoms with E-state index in [9.17, 15) is 8.78 Å². The zero-order chi connectivity index (χ0) is 15.4. The molecular weight excluding hydrogens is 276 g/mol. The first kappa shape index (κ1) is 15.5. The van der Waals surface area contributed by atoms with Crippen LogP contribution in [0.5, 0.6) is 0 Å². The van der Waals surface area contributed by atoms with E-state index in [0.717, 1.165) is 12.1 Å². The van der Waals surface area contributed by atoms with E-state index in [-0.39, 0.29) is 12.1 Å². The molecule has 2 aromatic rings. The van der Waals surface area contributed by atoms with E-state index in [4.69, 9.17) is 0 Å². The summed E-state index contributed by atoms with van der Waals surface area (Å²) in [6, 6.07) is 3.33. The van der Waals surface area contributed by atoms with Crippen LogP contribution >= 0.6 is 0 Å². The average molecular weight is 295 g/mol. The number of halogens is 2. The van der Waals surface area contributed by atoms with Gasteiger partial charge in [-0.05, 0) is 48.9 Å². The molecule has 5 nitrogen and oxygen atoms in total. The van der Waals surface area contributed by atoms with Crippen molar-refractivity contribution in [2.75, 3.05) is 0 Å². The maximum Gasteiger partial charge on any atom is 0.165 e. The molecule has 0 unspecified atom stereocenters. The Hall–Kier alpha value is -1.89. The van der Waals surface area contributed by atoms with Crippen LogP contribution in [0, 0.1) is 11.6 Å². The van der Waals surface area contributed by atoms with Gasteiger partial charge in [0.25, 0.3) is 0 Å². The molecule has 0 aliphatic rings. The second kappa shape index (κ2) is 6.71. The Morgan fingerprint density at radius 2 is 2.05 bits per heavy atom. The first-order chi connectivity index (χ1) is 10.0. The van der Waals surface area contributed by atoms with Gasteiger partial charge in [0, 0.05) is 11.6 Å². The Bertz CT molecular complexity index is 597. The fourth-order valence-electron chi connectivity index (χ4n) is 2.20. The van der Waals surface area contributed by atoms with Crippen LogP contribution < -0.4 is 5.32 Å². The predicted octanol–water partition coefficient (Wildman–Crippen LogP) is 2.77. The molecule has 2 rings (SSSR count). The molecule has 114 valence electrons. The van der Waals surface area contributed by atoms with Crippen LogP contribution in [-0.4, -0.2) is 20.2 Å². The summed E-state index contributed by atoms with van der Waals surface area (Å²) in [5.74, 6) is -0.196. The number of tetrazole rings is 1. The molecule has 0 fully saturated rings. The van der Waals surface area contributed by atoms with Gasteiger partial charge in [0.05, 0.1) is 12.6 Å². The summed E-state index contributed by atoms with van der Waals surface area (Å²) in [6.45, 7) is 6.25. The average Bonchev–Trinajstić information content (AvgIpc) is 2.92. The lowest BCUT2D eigenvalue weighted by molar-refractivity contribution is 0.443. The SMILES string of the molecule is CC[C@@H](NCc1nnnn1C(C)C)c1cc(F)ccc1F. The van der Waals surface area contributed by atoms with E-state index in [1.165, 1.54) is 6.07 Å². The molecular formula is C14H19F2N5.